The quantitative estimate of drug-likeness (QED) is 0.719. The van der Waals surface area contributed by atoms with Gasteiger partial charge >= 0.3 is 0 Å². The summed E-state index contributed by atoms with van der Waals surface area (Å²) in [6, 6.07) is 0. The van der Waals surface area contributed by atoms with Gasteiger partial charge in [-0.05, 0) is 45.4 Å². The van der Waals surface area contributed by atoms with Crippen LogP contribution in [0.5, 0.6) is 0 Å². The summed E-state index contributed by atoms with van der Waals surface area (Å²) in [6.07, 6.45) is 0.0469. The molecule has 0 spiro atoms. The van der Waals surface area contributed by atoms with Gasteiger partial charge in [0.1, 0.15) is 0 Å². The molecule has 1 N–H and O–H groups in total. The second-order valence-corrected chi connectivity index (χ2v) is 3.80. The maximum Gasteiger partial charge on any atom is 0.250 e. The molecule has 0 unspecified atom stereocenters. The van der Waals surface area contributed by atoms with Crippen LogP contribution in [0.1, 0.15) is 12.8 Å². The van der Waals surface area contributed by atoms with E-state index in [9.17, 15) is 8.78 Å². The lowest BCUT2D eigenvalue weighted by Crippen LogP contribution is -2.36. The summed E-state index contributed by atoms with van der Waals surface area (Å²) in [5.41, 5.74) is 0. The summed E-state index contributed by atoms with van der Waals surface area (Å²) in [6.45, 7) is 2.78. The largest absolute Gasteiger partial charge is 0.311 e. The minimum Gasteiger partial charge on any atom is -0.311 e. The number of nitrogens with zero attached hydrogens (tertiary/aromatic N) is 1. The van der Waals surface area contributed by atoms with Crippen molar-refractivity contribution >= 4 is 0 Å². The van der Waals surface area contributed by atoms with Crippen LogP contribution in [0.2, 0.25) is 0 Å². The first-order valence-electron chi connectivity index (χ1n) is 4.86. The molecule has 0 bridgehead atoms. The van der Waals surface area contributed by atoms with E-state index in [1.54, 1.807) is 0 Å². The molecule has 4 heteroatoms. The number of hydrogen-bond donors (Lipinski definition) is 1. The fourth-order valence-corrected chi connectivity index (χ4v) is 1.66. The molecule has 13 heavy (non-hydrogen) atoms. The van der Waals surface area contributed by atoms with Gasteiger partial charge in [-0.1, -0.05) is 0 Å². The molecule has 1 aliphatic rings. The number of piperidine rings is 1. The van der Waals surface area contributed by atoms with Crippen LogP contribution in [0.3, 0.4) is 0 Å². The first-order valence-corrected chi connectivity index (χ1v) is 4.86. The summed E-state index contributed by atoms with van der Waals surface area (Å²) >= 11 is 0. The van der Waals surface area contributed by atoms with Crippen LogP contribution in [-0.2, 0) is 0 Å². The van der Waals surface area contributed by atoms with Crippen LogP contribution >= 0.6 is 0 Å². The Morgan fingerprint density at radius 1 is 1.38 bits per heavy atom. The SMILES string of the molecule is CN1CCC(CNCC(F)F)CC1. The fraction of sp³-hybridized carbons (Fsp3) is 1.00. The van der Waals surface area contributed by atoms with Gasteiger partial charge in [0.15, 0.2) is 0 Å². The van der Waals surface area contributed by atoms with Crippen LogP contribution in [0.15, 0.2) is 0 Å². The molecule has 2 nitrogen and oxygen atoms in total. The monoisotopic (exact) mass is 192 g/mol. The van der Waals surface area contributed by atoms with Gasteiger partial charge in [0.25, 0.3) is 6.43 Å². The van der Waals surface area contributed by atoms with Gasteiger partial charge in [0.2, 0.25) is 0 Å². The molecular formula is C9H18F2N2. The van der Waals surface area contributed by atoms with Crippen LogP contribution in [0.4, 0.5) is 8.78 Å². The Labute approximate surface area is 78.3 Å². The summed E-state index contributed by atoms with van der Waals surface area (Å²) in [5.74, 6) is 0.593. The highest BCUT2D eigenvalue weighted by atomic mass is 19.3. The lowest BCUT2D eigenvalue weighted by atomic mass is 9.97. The van der Waals surface area contributed by atoms with Gasteiger partial charge < -0.3 is 10.2 Å². The molecule has 1 aliphatic heterocycles. The summed E-state index contributed by atoms with van der Waals surface area (Å²) in [5, 5.41) is 2.80. The van der Waals surface area contributed by atoms with Gasteiger partial charge in [0, 0.05) is 0 Å². The first kappa shape index (κ1) is 10.9. The zero-order valence-corrected chi connectivity index (χ0v) is 8.10. The Morgan fingerprint density at radius 3 is 2.54 bits per heavy atom. The summed E-state index contributed by atoms with van der Waals surface area (Å²) in [4.78, 5) is 2.28. The van der Waals surface area contributed by atoms with Gasteiger partial charge in [0.05, 0.1) is 6.54 Å². The van der Waals surface area contributed by atoms with Crippen molar-refractivity contribution in [3.63, 3.8) is 0 Å². The molecule has 78 valence electrons. The summed E-state index contributed by atoms with van der Waals surface area (Å²) < 4.78 is 23.6. The van der Waals surface area contributed by atoms with E-state index in [4.69, 9.17) is 0 Å². The van der Waals surface area contributed by atoms with Crippen molar-refractivity contribution in [2.45, 2.75) is 19.3 Å². The molecular weight excluding hydrogens is 174 g/mol. The highest BCUT2D eigenvalue weighted by molar-refractivity contribution is 4.71. The number of likely N-dealkylation sites (tertiary alicyclic amines) is 1. The zero-order chi connectivity index (χ0) is 9.68. The maximum atomic E-state index is 11.8. The molecule has 0 aliphatic carbocycles. The van der Waals surface area contributed by atoms with E-state index in [1.807, 2.05) is 0 Å². The predicted molar refractivity (Wildman–Crippen MR) is 49.1 cm³/mol. The normalized spacial score (nSPS) is 21.2. The molecule has 0 aromatic rings. The number of halogens is 2. The van der Waals surface area contributed by atoms with Gasteiger partial charge in [-0.2, -0.15) is 0 Å². The third kappa shape index (κ3) is 4.52. The van der Waals surface area contributed by atoms with Gasteiger partial charge in [-0.3, -0.25) is 0 Å². The van der Waals surface area contributed by atoms with Crippen molar-refractivity contribution < 1.29 is 8.78 Å². The molecule has 0 saturated carbocycles. The van der Waals surface area contributed by atoms with E-state index in [-0.39, 0.29) is 6.54 Å². The number of nitrogens with one attached hydrogen (secondary N) is 1. The van der Waals surface area contributed by atoms with E-state index in [2.05, 4.69) is 17.3 Å². The Kier molecular flexibility index (Phi) is 4.59. The van der Waals surface area contributed by atoms with Crippen LogP contribution in [-0.4, -0.2) is 44.6 Å². The van der Waals surface area contributed by atoms with E-state index >= 15 is 0 Å². The second-order valence-electron chi connectivity index (χ2n) is 3.80. The number of alkyl halides is 2. The van der Waals surface area contributed by atoms with E-state index in [0.717, 1.165) is 32.5 Å². The molecule has 0 aromatic carbocycles. The van der Waals surface area contributed by atoms with Crippen molar-refractivity contribution in [1.82, 2.24) is 10.2 Å². The van der Waals surface area contributed by atoms with Gasteiger partial charge in [-0.25, -0.2) is 8.78 Å². The standard InChI is InChI=1S/C9H18F2N2/c1-13-4-2-8(3-5-13)6-12-7-9(10)11/h8-9,12H,2-7H2,1H3. The smallest absolute Gasteiger partial charge is 0.250 e. The average Bonchev–Trinajstić information content (AvgIpc) is 2.08. The molecule has 1 heterocycles. The molecule has 1 fully saturated rings. The van der Waals surface area contributed by atoms with Gasteiger partial charge in [-0.15, -0.1) is 0 Å². The molecule has 0 radical (unpaired) electrons. The maximum absolute atomic E-state index is 11.8. The Morgan fingerprint density at radius 2 is 2.00 bits per heavy atom. The third-order valence-electron chi connectivity index (χ3n) is 2.57. The molecule has 0 atom stereocenters. The zero-order valence-electron chi connectivity index (χ0n) is 8.10. The van der Waals surface area contributed by atoms with Crippen molar-refractivity contribution in [2.75, 3.05) is 33.2 Å². The second kappa shape index (κ2) is 5.50. The van der Waals surface area contributed by atoms with Crippen molar-refractivity contribution in [3.05, 3.63) is 0 Å². The molecule has 1 rings (SSSR count). The van der Waals surface area contributed by atoms with Crippen LogP contribution in [0.25, 0.3) is 0 Å². The van der Waals surface area contributed by atoms with E-state index < -0.39 is 6.43 Å². The Bertz CT molecular complexity index is 134. The number of rotatable bonds is 4. The Hall–Kier alpha value is -0.220. The van der Waals surface area contributed by atoms with Crippen molar-refractivity contribution in [1.29, 1.82) is 0 Å². The molecule has 1 saturated heterocycles. The summed E-state index contributed by atoms with van der Waals surface area (Å²) in [7, 11) is 2.10. The third-order valence-corrected chi connectivity index (χ3v) is 2.57. The lowest BCUT2D eigenvalue weighted by Gasteiger charge is -2.28. The predicted octanol–water partition coefficient (Wildman–Crippen LogP) is 1.18. The number of hydrogen-bond acceptors (Lipinski definition) is 2. The van der Waals surface area contributed by atoms with E-state index in [1.165, 1.54) is 0 Å². The van der Waals surface area contributed by atoms with Crippen molar-refractivity contribution in [2.24, 2.45) is 5.92 Å². The van der Waals surface area contributed by atoms with E-state index in [0.29, 0.717) is 5.92 Å². The van der Waals surface area contributed by atoms with Crippen LogP contribution < -0.4 is 5.32 Å². The molecule has 0 amide bonds. The minimum absolute atomic E-state index is 0.160. The average molecular weight is 192 g/mol. The lowest BCUT2D eigenvalue weighted by molar-refractivity contribution is 0.140. The first-order chi connectivity index (χ1) is 6.18. The minimum atomic E-state index is -2.22. The van der Waals surface area contributed by atoms with Crippen LogP contribution in [0, 0.1) is 5.92 Å². The van der Waals surface area contributed by atoms with Crippen molar-refractivity contribution in [3.8, 4) is 0 Å². The molecule has 0 aromatic heterocycles. The topological polar surface area (TPSA) is 15.3 Å². The fourth-order valence-electron chi connectivity index (χ4n) is 1.66. The highest BCUT2D eigenvalue weighted by Gasteiger charge is 2.16. The highest BCUT2D eigenvalue weighted by Crippen LogP contribution is 2.14. The Balaban J connectivity index is 2.02.